The van der Waals surface area contributed by atoms with E-state index in [4.69, 9.17) is 22.5 Å². The van der Waals surface area contributed by atoms with E-state index < -0.39 is 0 Å². The number of nitrogens with two attached hydrogens (primary N) is 1. The third kappa shape index (κ3) is 3.94. The Bertz CT molecular complexity index is 454. The Labute approximate surface area is 123 Å². The smallest absolute Gasteiger partial charge is 0.172 e. The topological polar surface area (TPSA) is 61.8 Å². The van der Waals surface area contributed by atoms with Gasteiger partial charge in [-0.3, -0.25) is 0 Å². The van der Waals surface area contributed by atoms with Crippen LogP contribution in [0.3, 0.4) is 0 Å². The van der Waals surface area contributed by atoms with Crippen LogP contribution in [0.4, 0.5) is 5.69 Å². The average molecular weight is 302 g/mol. The Hall–Kier alpha value is -1.07. The maximum absolute atomic E-state index is 8.88. The summed E-state index contributed by atoms with van der Waals surface area (Å²) in [5.41, 5.74) is 7.29. The molecule has 0 saturated carbocycles. The molecule has 6 heteroatoms. The molecule has 0 aliphatic rings. The lowest BCUT2D eigenvalue weighted by molar-refractivity contribution is 0.318. The molecule has 0 amide bonds. The van der Waals surface area contributed by atoms with Gasteiger partial charge in [0.2, 0.25) is 0 Å². The van der Waals surface area contributed by atoms with Crippen LogP contribution in [0.25, 0.3) is 0 Å². The van der Waals surface area contributed by atoms with Gasteiger partial charge in [0.15, 0.2) is 5.84 Å². The summed E-state index contributed by atoms with van der Waals surface area (Å²) in [7, 11) is 2.02. The van der Waals surface area contributed by atoms with E-state index in [2.05, 4.69) is 23.2 Å². The van der Waals surface area contributed by atoms with Crippen LogP contribution in [-0.4, -0.2) is 36.1 Å². The highest BCUT2D eigenvalue weighted by molar-refractivity contribution is 7.98. The second kappa shape index (κ2) is 7.50. The molecule has 0 radical (unpaired) electrons. The summed E-state index contributed by atoms with van der Waals surface area (Å²) in [4.78, 5) is 2.15. The molecular weight excluding hydrogens is 282 g/mol. The maximum Gasteiger partial charge on any atom is 0.172 e. The van der Waals surface area contributed by atoms with Crippen LogP contribution in [0.5, 0.6) is 0 Å². The van der Waals surface area contributed by atoms with Gasteiger partial charge in [0.05, 0.1) is 0 Å². The molecular formula is C13H20ClN3OS. The Morgan fingerprint density at radius 3 is 2.79 bits per heavy atom. The Kier molecular flexibility index (Phi) is 6.31. The quantitative estimate of drug-likeness (QED) is 0.367. The predicted molar refractivity (Wildman–Crippen MR) is 84.8 cm³/mol. The number of nitrogens with zero attached hydrogens (tertiary/aromatic N) is 2. The molecule has 0 saturated heterocycles. The maximum atomic E-state index is 8.88. The molecule has 0 aromatic heterocycles. The first-order chi connectivity index (χ1) is 9.04. The number of anilines is 1. The highest BCUT2D eigenvalue weighted by Gasteiger charge is 2.18. The fraction of sp³-hybridized carbons (Fsp3) is 0.462. The molecule has 4 nitrogen and oxygen atoms in total. The van der Waals surface area contributed by atoms with Crippen molar-refractivity contribution >= 4 is 34.9 Å². The second-order valence-electron chi connectivity index (χ2n) is 4.28. The van der Waals surface area contributed by atoms with Gasteiger partial charge in [0.25, 0.3) is 0 Å². The zero-order valence-electron chi connectivity index (χ0n) is 11.4. The molecule has 1 aromatic rings. The van der Waals surface area contributed by atoms with E-state index in [9.17, 15) is 0 Å². The second-order valence-corrected chi connectivity index (χ2v) is 5.62. The zero-order valence-corrected chi connectivity index (χ0v) is 13.0. The number of oxime groups is 1. The molecule has 0 spiro atoms. The van der Waals surface area contributed by atoms with Crippen LogP contribution in [0.2, 0.25) is 5.02 Å². The monoisotopic (exact) mass is 301 g/mol. The van der Waals surface area contributed by atoms with Crippen molar-refractivity contribution in [1.82, 2.24) is 0 Å². The number of halogens is 1. The van der Waals surface area contributed by atoms with Gasteiger partial charge in [-0.05, 0) is 30.9 Å². The minimum Gasteiger partial charge on any atom is -0.409 e. The largest absolute Gasteiger partial charge is 0.409 e. The lowest BCUT2D eigenvalue weighted by Crippen LogP contribution is -2.34. The Balaban J connectivity index is 3.18. The van der Waals surface area contributed by atoms with E-state index in [1.165, 1.54) is 0 Å². The van der Waals surface area contributed by atoms with Gasteiger partial charge in [-0.15, -0.1) is 0 Å². The number of hydrogen-bond donors (Lipinski definition) is 2. The highest BCUT2D eigenvalue weighted by Crippen LogP contribution is 2.26. The van der Waals surface area contributed by atoms with E-state index in [-0.39, 0.29) is 5.84 Å². The lowest BCUT2D eigenvalue weighted by atomic mass is 10.1. The summed E-state index contributed by atoms with van der Waals surface area (Å²) in [5.74, 6) is 1.09. The van der Waals surface area contributed by atoms with Crippen LogP contribution < -0.4 is 10.6 Å². The molecule has 0 aliphatic carbocycles. The van der Waals surface area contributed by atoms with Crippen LogP contribution >= 0.6 is 23.4 Å². The summed E-state index contributed by atoms with van der Waals surface area (Å²) in [6.45, 7) is 2.15. The third-order valence-electron chi connectivity index (χ3n) is 3.10. The molecule has 0 bridgehead atoms. The Morgan fingerprint density at radius 2 is 2.26 bits per heavy atom. The SMILES string of the molecule is CCC(CSC)N(C)c1ccc(Cl)cc1/C(N)=N/O. The normalized spacial score (nSPS) is 13.4. The van der Waals surface area contributed by atoms with Crippen LogP contribution in [0.1, 0.15) is 18.9 Å². The number of rotatable bonds is 6. The first kappa shape index (κ1) is 16.0. The third-order valence-corrected chi connectivity index (χ3v) is 4.05. The number of benzene rings is 1. The molecule has 19 heavy (non-hydrogen) atoms. The lowest BCUT2D eigenvalue weighted by Gasteiger charge is -2.30. The summed E-state index contributed by atoms with van der Waals surface area (Å²) in [6, 6.07) is 5.82. The molecule has 0 aliphatic heterocycles. The number of amidine groups is 1. The van der Waals surface area contributed by atoms with Crippen molar-refractivity contribution in [1.29, 1.82) is 0 Å². The molecule has 1 atom stereocenters. The molecule has 1 aromatic carbocycles. The van der Waals surface area contributed by atoms with E-state index >= 15 is 0 Å². The molecule has 1 unspecified atom stereocenters. The van der Waals surface area contributed by atoms with Crippen molar-refractivity contribution in [2.45, 2.75) is 19.4 Å². The Morgan fingerprint density at radius 1 is 1.58 bits per heavy atom. The molecule has 0 heterocycles. The van der Waals surface area contributed by atoms with Gasteiger partial charge < -0.3 is 15.8 Å². The van der Waals surface area contributed by atoms with Gasteiger partial charge in [-0.1, -0.05) is 23.7 Å². The van der Waals surface area contributed by atoms with E-state index in [1.807, 2.05) is 19.2 Å². The first-order valence-corrected chi connectivity index (χ1v) is 7.81. The van der Waals surface area contributed by atoms with Gasteiger partial charge in [0, 0.05) is 35.1 Å². The first-order valence-electron chi connectivity index (χ1n) is 6.04. The van der Waals surface area contributed by atoms with Gasteiger partial charge in [-0.2, -0.15) is 11.8 Å². The summed E-state index contributed by atoms with van der Waals surface area (Å²) < 4.78 is 0. The predicted octanol–water partition coefficient (Wildman–Crippen LogP) is 3.01. The molecule has 3 N–H and O–H groups in total. The standard InChI is InChI=1S/C13H20ClN3OS/c1-4-10(8-19-3)17(2)12-6-5-9(14)7-11(12)13(15)16-18/h5-7,10,18H,4,8H2,1-3H3,(H2,15,16). The van der Waals surface area contributed by atoms with E-state index in [0.29, 0.717) is 16.6 Å². The minimum absolute atomic E-state index is 0.0726. The van der Waals surface area contributed by atoms with Crippen molar-refractivity contribution in [3.63, 3.8) is 0 Å². The number of hydrogen-bond acceptors (Lipinski definition) is 4. The van der Waals surface area contributed by atoms with Crippen LogP contribution in [-0.2, 0) is 0 Å². The van der Waals surface area contributed by atoms with Crippen molar-refractivity contribution < 1.29 is 5.21 Å². The summed E-state index contributed by atoms with van der Waals surface area (Å²) in [6.07, 6.45) is 3.11. The highest BCUT2D eigenvalue weighted by atomic mass is 35.5. The van der Waals surface area contributed by atoms with E-state index in [1.54, 1.807) is 17.8 Å². The fourth-order valence-electron chi connectivity index (χ4n) is 1.97. The summed E-state index contributed by atoms with van der Waals surface area (Å²) >= 11 is 7.78. The van der Waals surface area contributed by atoms with Crippen molar-refractivity contribution in [3.05, 3.63) is 28.8 Å². The summed E-state index contributed by atoms with van der Waals surface area (Å²) in [5, 5.41) is 12.5. The van der Waals surface area contributed by atoms with Gasteiger partial charge >= 0.3 is 0 Å². The number of thioether (sulfide) groups is 1. The van der Waals surface area contributed by atoms with Crippen molar-refractivity contribution in [2.75, 3.05) is 24.0 Å². The van der Waals surface area contributed by atoms with Crippen LogP contribution in [0.15, 0.2) is 23.4 Å². The van der Waals surface area contributed by atoms with E-state index in [0.717, 1.165) is 17.9 Å². The molecule has 0 fully saturated rings. The average Bonchev–Trinajstić information content (AvgIpc) is 2.43. The molecule has 1 rings (SSSR count). The van der Waals surface area contributed by atoms with Crippen molar-refractivity contribution in [2.24, 2.45) is 10.9 Å². The van der Waals surface area contributed by atoms with Gasteiger partial charge in [-0.25, -0.2) is 0 Å². The van der Waals surface area contributed by atoms with Crippen LogP contribution in [0, 0.1) is 0 Å². The molecule has 106 valence electrons. The van der Waals surface area contributed by atoms with Gasteiger partial charge in [0.1, 0.15) is 0 Å². The minimum atomic E-state index is 0.0726. The zero-order chi connectivity index (χ0) is 14.4. The fourth-order valence-corrected chi connectivity index (χ4v) is 2.98. The van der Waals surface area contributed by atoms with Crippen molar-refractivity contribution in [3.8, 4) is 0 Å².